The van der Waals surface area contributed by atoms with E-state index in [2.05, 4.69) is 4.99 Å². The molecule has 0 spiro atoms. The summed E-state index contributed by atoms with van der Waals surface area (Å²) in [6, 6.07) is 9.76. The molecule has 1 heterocycles. The molecule has 0 saturated heterocycles. The van der Waals surface area contributed by atoms with Crippen molar-refractivity contribution in [2.24, 2.45) is 4.99 Å². The number of hydrogen-bond donors (Lipinski definition) is 0. The molecule has 0 amide bonds. The summed E-state index contributed by atoms with van der Waals surface area (Å²) >= 11 is 0. The number of nitro benzene ring substituents is 1. The minimum Gasteiger partial charge on any atom is -0.493 e. The molecule has 1 aliphatic rings. The van der Waals surface area contributed by atoms with Crippen LogP contribution in [0.4, 0.5) is 5.69 Å². The first-order valence-corrected chi connectivity index (χ1v) is 8.51. The van der Waals surface area contributed by atoms with E-state index in [1.54, 1.807) is 50.4 Å². The van der Waals surface area contributed by atoms with Crippen LogP contribution in [0.3, 0.4) is 0 Å². The highest BCUT2D eigenvalue weighted by Crippen LogP contribution is 2.30. The SMILES string of the molecule is CCOc1cc(/C=C2\N=C(c3ccc(C)c([N+](=O)[O-])c3)OC2=O)ccc1OC. The van der Waals surface area contributed by atoms with Gasteiger partial charge in [0.25, 0.3) is 5.69 Å². The number of ether oxygens (including phenoxy) is 3. The second-order valence-electron chi connectivity index (χ2n) is 5.94. The molecular weight excluding hydrogens is 364 g/mol. The summed E-state index contributed by atoms with van der Waals surface area (Å²) in [5.74, 6) is 0.517. The number of cyclic esters (lactones) is 1. The predicted molar refractivity (Wildman–Crippen MR) is 103 cm³/mol. The lowest BCUT2D eigenvalue weighted by atomic mass is 10.1. The zero-order valence-electron chi connectivity index (χ0n) is 15.6. The number of rotatable bonds is 6. The third-order valence-electron chi connectivity index (χ3n) is 4.06. The Morgan fingerprint density at radius 3 is 2.68 bits per heavy atom. The Morgan fingerprint density at radius 2 is 2.00 bits per heavy atom. The molecule has 0 atom stereocenters. The van der Waals surface area contributed by atoms with Crippen molar-refractivity contribution >= 4 is 23.6 Å². The summed E-state index contributed by atoms with van der Waals surface area (Å²) in [7, 11) is 1.54. The standard InChI is InChI=1S/C20H18N2O6/c1-4-27-18-10-13(6-8-17(18)26-3)9-15-20(23)28-19(21-15)14-7-5-12(2)16(11-14)22(24)25/h5-11H,4H2,1-3H3/b15-9-. The van der Waals surface area contributed by atoms with Gasteiger partial charge in [-0.25, -0.2) is 9.79 Å². The molecule has 144 valence electrons. The molecule has 28 heavy (non-hydrogen) atoms. The Kier molecular flexibility index (Phi) is 5.39. The van der Waals surface area contributed by atoms with Crippen molar-refractivity contribution in [2.45, 2.75) is 13.8 Å². The topological polar surface area (TPSA) is 100 Å². The van der Waals surface area contributed by atoms with Crippen LogP contribution in [0.1, 0.15) is 23.6 Å². The first-order chi connectivity index (χ1) is 13.4. The van der Waals surface area contributed by atoms with Gasteiger partial charge in [0.05, 0.1) is 18.6 Å². The second kappa shape index (κ2) is 7.91. The van der Waals surface area contributed by atoms with Gasteiger partial charge in [-0.15, -0.1) is 0 Å². The molecule has 1 aliphatic heterocycles. The Bertz CT molecular complexity index is 1010. The first-order valence-electron chi connectivity index (χ1n) is 8.51. The number of nitrogens with zero attached hydrogens (tertiary/aromatic N) is 2. The van der Waals surface area contributed by atoms with Gasteiger partial charge in [-0.1, -0.05) is 12.1 Å². The summed E-state index contributed by atoms with van der Waals surface area (Å²) in [6.07, 6.45) is 1.56. The van der Waals surface area contributed by atoms with E-state index in [9.17, 15) is 14.9 Å². The van der Waals surface area contributed by atoms with Gasteiger partial charge in [0, 0.05) is 17.2 Å². The molecule has 0 fully saturated rings. The van der Waals surface area contributed by atoms with E-state index in [0.29, 0.717) is 34.8 Å². The summed E-state index contributed by atoms with van der Waals surface area (Å²) < 4.78 is 16.0. The third-order valence-corrected chi connectivity index (χ3v) is 4.06. The Balaban J connectivity index is 1.95. The molecule has 2 aromatic rings. The van der Waals surface area contributed by atoms with E-state index in [1.807, 2.05) is 6.92 Å². The molecule has 0 aromatic heterocycles. The number of carbonyl (C=O) groups is 1. The normalized spacial score (nSPS) is 14.6. The second-order valence-corrected chi connectivity index (χ2v) is 5.94. The summed E-state index contributed by atoms with van der Waals surface area (Å²) in [4.78, 5) is 27.0. The van der Waals surface area contributed by atoms with Crippen LogP contribution in [-0.4, -0.2) is 30.5 Å². The average Bonchev–Trinajstić information content (AvgIpc) is 3.03. The highest BCUT2D eigenvalue weighted by Gasteiger charge is 2.26. The summed E-state index contributed by atoms with van der Waals surface area (Å²) in [5.41, 5.74) is 1.57. The van der Waals surface area contributed by atoms with E-state index >= 15 is 0 Å². The van der Waals surface area contributed by atoms with Crippen LogP contribution in [0.2, 0.25) is 0 Å². The van der Waals surface area contributed by atoms with Gasteiger partial charge >= 0.3 is 5.97 Å². The quantitative estimate of drug-likeness (QED) is 0.327. The van der Waals surface area contributed by atoms with Crippen LogP contribution < -0.4 is 9.47 Å². The van der Waals surface area contributed by atoms with Crippen molar-refractivity contribution in [2.75, 3.05) is 13.7 Å². The monoisotopic (exact) mass is 382 g/mol. The minimum absolute atomic E-state index is 0.0258. The fourth-order valence-corrected chi connectivity index (χ4v) is 2.68. The number of carbonyl (C=O) groups excluding carboxylic acids is 1. The predicted octanol–water partition coefficient (Wildman–Crippen LogP) is 3.66. The smallest absolute Gasteiger partial charge is 0.363 e. The summed E-state index contributed by atoms with van der Waals surface area (Å²) in [6.45, 7) is 3.96. The number of benzene rings is 2. The van der Waals surface area contributed by atoms with Crippen LogP contribution in [0.25, 0.3) is 6.08 Å². The maximum atomic E-state index is 12.2. The van der Waals surface area contributed by atoms with E-state index in [1.165, 1.54) is 6.07 Å². The number of esters is 1. The lowest BCUT2D eigenvalue weighted by Gasteiger charge is -2.09. The van der Waals surface area contributed by atoms with Gasteiger partial charge in [0.2, 0.25) is 5.90 Å². The zero-order valence-corrected chi connectivity index (χ0v) is 15.6. The molecule has 0 N–H and O–H groups in total. The number of methoxy groups -OCH3 is 1. The molecule has 0 aliphatic carbocycles. The Labute approximate surface area is 161 Å². The molecule has 8 heteroatoms. The van der Waals surface area contributed by atoms with Crippen LogP contribution in [0.5, 0.6) is 11.5 Å². The highest BCUT2D eigenvalue weighted by molar-refractivity contribution is 6.13. The van der Waals surface area contributed by atoms with Crippen LogP contribution >= 0.6 is 0 Å². The zero-order chi connectivity index (χ0) is 20.3. The molecule has 0 radical (unpaired) electrons. The van der Waals surface area contributed by atoms with E-state index in [4.69, 9.17) is 14.2 Å². The van der Waals surface area contributed by atoms with E-state index in [-0.39, 0.29) is 17.3 Å². The fraction of sp³-hybridized carbons (Fsp3) is 0.200. The maximum absolute atomic E-state index is 12.2. The largest absolute Gasteiger partial charge is 0.493 e. The molecule has 2 aromatic carbocycles. The van der Waals surface area contributed by atoms with Gasteiger partial charge in [-0.05, 0) is 43.7 Å². The van der Waals surface area contributed by atoms with Crippen molar-refractivity contribution in [1.29, 1.82) is 0 Å². The van der Waals surface area contributed by atoms with Gasteiger partial charge in [-0.2, -0.15) is 0 Å². The first kappa shape index (κ1) is 19.1. The number of aryl methyl sites for hydroxylation is 1. The van der Waals surface area contributed by atoms with Crippen molar-refractivity contribution in [3.05, 3.63) is 68.9 Å². The molecule has 0 saturated carbocycles. The van der Waals surface area contributed by atoms with Crippen LogP contribution in [0.15, 0.2) is 47.1 Å². The number of nitro groups is 1. The van der Waals surface area contributed by atoms with E-state index < -0.39 is 10.9 Å². The van der Waals surface area contributed by atoms with Gasteiger partial charge in [0.1, 0.15) is 0 Å². The third kappa shape index (κ3) is 3.85. The average molecular weight is 382 g/mol. The van der Waals surface area contributed by atoms with E-state index in [0.717, 1.165) is 0 Å². The van der Waals surface area contributed by atoms with Gasteiger partial charge in [-0.3, -0.25) is 10.1 Å². The molecular formula is C20H18N2O6. The van der Waals surface area contributed by atoms with Crippen LogP contribution in [-0.2, 0) is 9.53 Å². The molecule has 0 bridgehead atoms. The lowest BCUT2D eigenvalue weighted by molar-refractivity contribution is -0.385. The maximum Gasteiger partial charge on any atom is 0.363 e. The highest BCUT2D eigenvalue weighted by atomic mass is 16.6. The van der Waals surface area contributed by atoms with Gasteiger partial charge in [0.15, 0.2) is 17.2 Å². The molecule has 8 nitrogen and oxygen atoms in total. The summed E-state index contributed by atoms with van der Waals surface area (Å²) in [5, 5.41) is 11.1. The fourth-order valence-electron chi connectivity index (χ4n) is 2.68. The van der Waals surface area contributed by atoms with Gasteiger partial charge < -0.3 is 14.2 Å². The number of aliphatic imine (C=N–C) groups is 1. The van der Waals surface area contributed by atoms with Crippen molar-refractivity contribution < 1.29 is 23.9 Å². The molecule has 3 rings (SSSR count). The Hall–Kier alpha value is -3.68. The Morgan fingerprint density at radius 1 is 1.21 bits per heavy atom. The lowest BCUT2D eigenvalue weighted by Crippen LogP contribution is -2.06. The molecule has 0 unspecified atom stereocenters. The minimum atomic E-state index is -0.632. The van der Waals surface area contributed by atoms with Crippen molar-refractivity contribution in [3.63, 3.8) is 0 Å². The number of hydrogen-bond acceptors (Lipinski definition) is 7. The van der Waals surface area contributed by atoms with Crippen molar-refractivity contribution in [1.82, 2.24) is 0 Å². The van der Waals surface area contributed by atoms with Crippen LogP contribution in [0, 0.1) is 17.0 Å². The van der Waals surface area contributed by atoms with Crippen molar-refractivity contribution in [3.8, 4) is 11.5 Å².